The van der Waals surface area contributed by atoms with Crippen LogP contribution < -0.4 is 0 Å². The largest absolute Gasteiger partial charge is 0.465 e. The molecule has 0 fully saturated rings. The van der Waals surface area contributed by atoms with E-state index in [4.69, 9.17) is 4.74 Å². The smallest absolute Gasteiger partial charge is 0.317 e. The van der Waals surface area contributed by atoms with Crippen molar-refractivity contribution in [2.75, 3.05) is 6.61 Å². The molecular formula is C15H16N2O2. The Morgan fingerprint density at radius 3 is 2.47 bits per heavy atom. The van der Waals surface area contributed by atoms with Crippen molar-refractivity contribution in [1.29, 1.82) is 0 Å². The second kappa shape index (κ2) is 6.64. The molecule has 0 aliphatic heterocycles. The summed E-state index contributed by atoms with van der Waals surface area (Å²) in [5, 5.41) is 0. The minimum atomic E-state index is -0.455. The number of rotatable bonds is 5. The third-order valence-electron chi connectivity index (χ3n) is 2.75. The van der Waals surface area contributed by atoms with Gasteiger partial charge in [-0.05, 0) is 25.0 Å². The second-order valence-corrected chi connectivity index (χ2v) is 4.10. The van der Waals surface area contributed by atoms with Crippen LogP contribution in [0.2, 0.25) is 0 Å². The zero-order chi connectivity index (χ0) is 13.5. The number of nitrogens with zero attached hydrogens (tertiary/aromatic N) is 2. The lowest BCUT2D eigenvalue weighted by molar-refractivity contribution is -0.145. The van der Waals surface area contributed by atoms with Gasteiger partial charge in [-0.15, -0.1) is 0 Å². The molecule has 1 heterocycles. The Morgan fingerprint density at radius 1 is 1.16 bits per heavy atom. The highest BCUT2D eigenvalue weighted by Crippen LogP contribution is 2.19. The first-order chi connectivity index (χ1) is 9.31. The van der Waals surface area contributed by atoms with Crippen molar-refractivity contribution in [3.05, 3.63) is 60.2 Å². The van der Waals surface area contributed by atoms with Crippen LogP contribution in [0.4, 0.5) is 0 Å². The summed E-state index contributed by atoms with van der Waals surface area (Å²) in [6.07, 6.45) is 3.82. The van der Waals surface area contributed by atoms with E-state index in [-0.39, 0.29) is 5.97 Å². The molecule has 0 bridgehead atoms. The van der Waals surface area contributed by atoms with E-state index in [1.165, 1.54) is 0 Å². The average molecular weight is 256 g/mol. The number of carbonyl (C=O) groups is 1. The van der Waals surface area contributed by atoms with E-state index in [1.807, 2.05) is 30.3 Å². The molecule has 0 saturated carbocycles. The van der Waals surface area contributed by atoms with Crippen molar-refractivity contribution in [2.24, 2.45) is 0 Å². The van der Waals surface area contributed by atoms with Gasteiger partial charge in [-0.25, -0.2) is 9.97 Å². The molecule has 2 rings (SSSR count). The fourth-order valence-electron chi connectivity index (χ4n) is 1.86. The van der Waals surface area contributed by atoms with Crippen LogP contribution in [-0.2, 0) is 16.0 Å². The van der Waals surface area contributed by atoms with Gasteiger partial charge in [0.15, 0.2) is 0 Å². The van der Waals surface area contributed by atoms with Crippen molar-refractivity contribution in [1.82, 2.24) is 9.97 Å². The van der Waals surface area contributed by atoms with Gasteiger partial charge in [-0.2, -0.15) is 0 Å². The van der Waals surface area contributed by atoms with Crippen LogP contribution in [0.15, 0.2) is 48.8 Å². The molecule has 4 nitrogen and oxygen atoms in total. The van der Waals surface area contributed by atoms with Gasteiger partial charge in [0.05, 0.1) is 6.61 Å². The molecule has 1 aromatic carbocycles. The van der Waals surface area contributed by atoms with E-state index >= 15 is 0 Å². The van der Waals surface area contributed by atoms with Crippen LogP contribution in [0.5, 0.6) is 0 Å². The topological polar surface area (TPSA) is 52.1 Å². The van der Waals surface area contributed by atoms with Crippen molar-refractivity contribution in [2.45, 2.75) is 19.3 Å². The van der Waals surface area contributed by atoms with Gasteiger partial charge in [-0.3, -0.25) is 4.79 Å². The van der Waals surface area contributed by atoms with Crippen LogP contribution in [0.25, 0.3) is 0 Å². The zero-order valence-electron chi connectivity index (χ0n) is 10.8. The van der Waals surface area contributed by atoms with Gasteiger partial charge in [0.25, 0.3) is 0 Å². The second-order valence-electron chi connectivity index (χ2n) is 4.10. The van der Waals surface area contributed by atoms with E-state index in [2.05, 4.69) is 9.97 Å². The first-order valence-electron chi connectivity index (χ1n) is 6.28. The molecule has 1 atom stereocenters. The lowest BCUT2D eigenvalue weighted by Gasteiger charge is -2.14. The fourth-order valence-corrected chi connectivity index (χ4v) is 1.86. The average Bonchev–Trinajstić information content (AvgIpc) is 2.47. The van der Waals surface area contributed by atoms with Crippen LogP contribution in [-0.4, -0.2) is 22.5 Å². The van der Waals surface area contributed by atoms with E-state index < -0.39 is 5.92 Å². The van der Waals surface area contributed by atoms with Gasteiger partial charge in [0, 0.05) is 12.4 Å². The van der Waals surface area contributed by atoms with Crippen molar-refractivity contribution < 1.29 is 9.53 Å². The van der Waals surface area contributed by atoms with Gasteiger partial charge < -0.3 is 4.74 Å². The van der Waals surface area contributed by atoms with Crippen LogP contribution in [0.1, 0.15) is 24.2 Å². The summed E-state index contributed by atoms with van der Waals surface area (Å²) in [5.74, 6) is -0.231. The highest BCUT2D eigenvalue weighted by atomic mass is 16.5. The van der Waals surface area contributed by atoms with Crippen molar-refractivity contribution >= 4 is 5.97 Å². The minimum absolute atomic E-state index is 0.280. The normalized spacial score (nSPS) is 11.8. The third kappa shape index (κ3) is 3.61. The highest BCUT2D eigenvalue weighted by Gasteiger charge is 2.24. The summed E-state index contributed by atoms with van der Waals surface area (Å²) in [6.45, 7) is 2.15. The molecule has 0 aliphatic rings. The van der Waals surface area contributed by atoms with E-state index in [9.17, 15) is 4.79 Å². The van der Waals surface area contributed by atoms with Crippen molar-refractivity contribution in [3.8, 4) is 0 Å². The number of hydrogen-bond acceptors (Lipinski definition) is 4. The molecule has 0 spiro atoms. The Hall–Kier alpha value is -2.23. The molecule has 0 aliphatic carbocycles. The van der Waals surface area contributed by atoms with Crippen LogP contribution in [0.3, 0.4) is 0 Å². The van der Waals surface area contributed by atoms with E-state index in [1.54, 1.807) is 25.4 Å². The molecular weight excluding hydrogens is 240 g/mol. The first-order valence-corrected chi connectivity index (χ1v) is 6.28. The van der Waals surface area contributed by atoms with Crippen LogP contribution in [0, 0.1) is 0 Å². The summed E-state index contributed by atoms with van der Waals surface area (Å²) in [5.41, 5.74) is 1.06. The van der Waals surface area contributed by atoms with Gasteiger partial charge in [-0.1, -0.05) is 30.3 Å². The summed E-state index contributed by atoms with van der Waals surface area (Å²) >= 11 is 0. The van der Waals surface area contributed by atoms with Gasteiger partial charge in [0.1, 0.15) is 11.7 Å². The molecule has 4 heteroatoms. The summed E-state index contributed by atoms with van der Waals surface area (Å²) in [6, 6.07) is 11.5. The first kappa shape index (κ1) is 13.2. The number of esters is 1. The Labute approximate surface area is 112 Å². The maximum absolute atomic E-state index is 12.0. The van der Waals surface area contributed by atoms with E-state index in [0.29, 0.717) is 18.9 Å². The zero-order valence-corrected chi connectivity index (χ0v) is 10.8. The summed E-state index contributed by atoms with van der Waals surface area (Å²) in [4.78, 5) is 20.4. The quantitative estimate of drug-likeness (QED) is 0.771. The molecule has 0 radical (unpaired) electrons. The number of aromatic nitrogens is 2. The highest BCUT2D eigenvalue weighted by molar-refractivity contribution is 5.77. The van der Waals surface area contributed by atoms with Gasteiger partial charge in [0.2, 0.25) is 0 Å². The predicted octanol–water partition coefficient (Wildman–Crippen LogP) is 2.37. The fraction of sp³-hybridized carbons (Fsp3) is 0.267. The standard InChI is InChI=1S/C15H16N2O2/c1-2-19-15(18)13(14-16-9-6-10-17-14)11-12-7-4-3-5-8-12/h3-10,13H,2,11H2,1H3. The number of ether oxygens (including phenoxy) is 1. The Kier molecular flexibility index (Phi) is 4.61. The Balaban J connectivity index is 2.22. The lowest BCUT2D eigenvalue weighted by Crippen LogP contribution is -2.20. The van der Waals surface area contributed by atoms with Crippen LogP contribution >= 0.6 is 0 Å². The minimum Gasteiger partial charge on any atom is -0.465 e. The number of hydrogen-bond donors (Lipinski definition) is 0. The van der Waals surface area contributed by atoms with Crippen molar-refractivity contribution in [3.63, 3.8) is 0 Å². The molecule has 1 aromatic heterocycles. The summed E-state index contributed by atoms with van der Waals surface area (Å²) < 4.78 is 5.11. The molecule has 0 amide bonds. The molecule has 0 N–H and O–H groups in total. The monoisotopic (exact) mass is 256 g/mol. The maximum atomic E-state index is 12.0. The lowest BCUT2D eigenvalue weighted by atomic mass is 9.98. The molecule has 98 valence electrons. The number of benzene rings is 1. The Morgan fingerprint density at radius 2 is 1.84 bits per heavy atom. The van der Waals surface area contributed by atoms with Gasteiger partial charge >= 0.3 is 5.97 Å². The molecule has 1 unspecified atom stereocenters. The number of carbonyl (C=O) groups excluding carboxylic acids is 1. The Bertz CT molecular complexity index is 514. The molecule has 0 saturated heterocycles. The predicted molar refractivity (Wildman–Crippen MR) is 71.6 cm³/mol. The third-order valence-corrected chi connectivity index (χ3v) is 2.75. The molecule has 2 aromatic rings. The SMILES string of the molecule is CCOC(=O)C(Cc1ccccc1)c1ncccn1. The summed E-state index contributed by atoms with van der Waals surface area (Å²) in [7, 11) is 0. The molecule has 19 heavy (non-hydrogen) atoms. The van der Waals surface area contributed by atoms with E-state index in [0.717, 1.165) is 5.56 Å². The maximum Gasteiger partial charge on any atom is 0.317 e.